The van der Waals surface area contributed by atoms with Gasteiger partial charge in [-0.3, -0.25) is 9.89 Å². The molecule has 150 valence electrons. The van der Waals surface area contributed by atoms with E-state index in [1.807, 2.05) is 24.3 Å². The maximum Gasteiger partial charge on any atom is 0.191 e. The molecule has 2 aromatic carbocycles. The lowest BCUT2D eigenvalue weighted by Gasteiger charge is -2.26. The van der Waals surface area contributed by atoms with Crippen LogP contribution in [0.15, 0.2) is 53.5 Å². The maximum atomic E-state index is 5.41. The summed E-state index contributed by atoms with van der Waals surface area (Å²) in [7, 11) is 3.46. The number of ether oxygens (including phenoxy) is 2. The van der Waals surface area contributed by atoms with Gasteiger partial charge in [0.25, 0.3) is 0 Å². The van der Waals surface area contributed by atoms with E-state index in [1.54, 1.807) is 14.2 Å². The second-order valence-electron chi connectivity index (χ2n) is 6.83. The first kappa shape index (κ1) is 20.2. The van der Waals surface area contributed by atoms with Gasteiger partial charge in [0, 0.05) is 39.8 Å². The highest BCUT2D eigenvalue weighted by Crippen LogP contribution is 2.11. The minimum Gasteiger partial charge on any atom is -0.497 e. The van der Waals surface area contributed by atoms with Gasteiger partial charge in [0.2, 0.25) is 0 Å². The molecule has 0 unspecified atom stereocenters. The zero-order valence-electron chi connectivity index (χ0n) is 16.8. The smallest absolute Gasteiger partial charge is 0.191 e. The van der Waals surface area contributed by atoms with Crippen molar-refractivity contribution >= 4 is 5.96 Å². The molecule has 0 atom stereocenters. The van der Waals surface area contributed by atoms with Crippen LogP contribution in [0.3, 0.4) is 0 Å². The van der Waals surface area contributed by atoms with Crippen LogP contribution in [-0.2, 0) is 24.4 Å². The van der Waals surface area contributed by atoms with Crippen LogP contribution in [-0.4, -0.2) is 51.3 Å². The molecule has 28 heavy (non-hydrogen) atoms. The molecule has 1 saturated heterocycles. The van der Waals surface area contributed by atoms with Crippen molar-refractivity contribution < 1.29 is 9.47 Å². The zero-order chi connectivity index (χ0) is 19.6. The second-order valence-corrected chi connectivity index (χ2v) is 6.83. The van der Waals surface area contributed by atoms with Crippen LogP contribution < -0.4 is 15.4 Å². The fourth-order valence-electron chi connectivity index (χ4n) is 3.12. The van der Waals surface area contributed by atoms with E-state index < -0.39 is 0 Å². The van der Waals surface area contributed by atoms with Crippen LogP contribution in [0.1, 0.15) is 16.7 Å². The Labute approximate surface area is 167 Å². The summed E-state index contributed by atoms with van der Waals surface area (Å²) in [4.78, 5) is 6.73. The van der Waals surface area contributed by atoms with Crippen molar-refractivity contribution in [3.63, 3.8) is 0 Å². The minimum atomic E-state index is 0.710. The number of aliphatic imine (C=N–C) groups is 1. The van der Waals surface area contributed by atoms with Gasteiger partial charge in [-0.25, -0.2) is 0 Å². The first-order chi connectivity index (χ1) is 13.8. The van der Waals surface area contributed by atoms with Crippen LogP contribution in [0.4, 0.5) is 0 Å². The molecule has 2 aromatic rings. The number of hydrogen-bond acceptors (Lipinski definition) is 4. The Morgan fingerprint density at radius 2 is 1.46 bits per heavy atom. The second kappa shape index (κ2) is 10.7. The molecule has 1 aliphatic rings. The van der Waals surface area contributed by atoms with E-state index in [9.17, 15) is 0 Å². The van der Waals surface area contributed by atoms with Crippen molar-refractivity contribution in [1.82, 2.24) is 15.5 Å². The minimum absolute atomic E-state index is 0.710. The fourth-order valence-corrected chi connectivity index (χ4v) is 3.12. The molecule has 2 N–H and O–H groups in total. The lowest BCUT2D eigenvalue weighted by molar-refractivity contribution is 0.0342. The average molecular weight is 383 g/mol. The SMILES string of the molecule is CN=C(NCc1ccc(CN2CCOCC2)cc1)NCc1ccc(OC)cc1. The highest BCUT2D eigenvalue weighted by molar-refractivity contribution is 5.79. The number of morpholine rings is 1. The van der Waals surface area contributed by atoms with Gasteiger partial charge in [0.05, 0.1) is 20.3 Å². The average Bonchev–Trinajstić information content (AvgIpc) is 2.76. The summed E-state index contributed by atoms with van der Waals surface area (Å²) in [5, 5.41) is 6.71. The van der Waals surface area contributed by atoms with Gasteiger partial charge in [-0.2, -0.15) is 0 Å². The van der Waals surface area contributed by atoms with Crippen molar-refractivity contribution in [2.24, 2.45) is 4.99 Å². The topological polar surface area (TPSA) is 58.1 Å². The van der Waals surface area contributed by atoms with Crippen molar-refractivity contribution in [2.75, 3.05) is 40.5 Å². The largest absolute Gasteiger partial charge is 0.497 e. The number of methoxy groups -OCH3 is 1. The van der Waals surface area contributed by atoms with E-state index in [2.05, 4.69) is 44.8 Å². The quantitative estimate of drug-likeness (QED) is 0.569. The predicted molar refractivity (Wildman–Crippen MR) is 113 cm³/mol. The van der Waals surface area contributed by atoms with E-state index >= 15 is 0 Å². The highest BCUT2D eigenvalue weighted by atomic mass is 16.5. The first-order valence-corrected chi connectivity index (χ1v) is 9.72. The summed E-state index contributed by atoms with van der Waals surface area (Å²) in [6, 6.07) is 16.8. The van der Waals surface area contributed by atoms with Gasteiger partial charge >= 0.3 is 0 Å². The summed E-state index contributed by atoms with van der Waals surface area (Å²) < 4.78 is 10.6. The van der Waals surface area contributed by atoms with Crippen LogP contribution in [0.2, 0.25) is 0 Å². The van der Waals surface area contributed by atoms with E-state index in [1.165, 1.54) is 16.7 Å². The van der Waals surface area contributed by atoms with Gasteiger partial charge in [-0.05, 0) is 28.8 Å². The molecule has 6 nitrogen and oxygen atoms in total. The summed E-state index contributed by atoms with van der Waals surface area (Å²) in [5.41, 5.74) is 3.75. The maximum absolute atomic E-state index is 5.41. The van der Waals surface area contributed by atoms with Crippen molar-refractivity contribution in [1.29, 1.82) is 0 Å². The summed E-state index contributed by atoms with van der Waals surface area (Å²) in [5.74, 6) is 1.65. The summed E-state index contributed by atoms with van der Waals surface area (Å²) in [6.45, 7) is 6.14. The van der Waals surface area contributed by atoms with Gasteiger partial charge < -0.3 is 20.1 Å². The Bertz CT molecular complexity index is 738. The van der Waals surface area contributed by atoms with Crippen LogP contribution >= 0.6 is 0 Å². The molecular formula is C22H30N4O2. The molecule has 6 heteroatoms. The molecule has 1 heterocycles. The first-order valence-electron chi connectivity index (χ1n) is 9.72. The lowest BCUT2D eigenvalue weighted by atomic mass is 10.1. The molecule has 1 fully saturated rings. The molecular weight excluding hydrogens is 352 g/mol. The van der Waals surface area contributed by atoms with E-state index in [0.29, 0.717) is 6.54 Å². The summed E-state index contributed by atoms with van der Waals surface area (Å²) >= 11 is 0. The third kappa shape index (κ3) is 6.25. The Balaban J connectivity index is 1.43. The Kier molecular flexibility index (Phi) is 7.70. The predicted octanol–water partition coefficient (Wildman–Crippen LogP) is 2.39. The zero-order valence-corrected chi connectivity index (χ0v) is 16.8. The van der Waals surface area contributed by atoms with Crippen LogP contribution in [0, 0.1) is 0 Å². The molecule has 0 amide bonds. The number of nitrogens with zero attached hydrogens (tertiary/aromatic N) is 2. The number of guanidine groups is 1. The standard InChI is InChI=1S/C22H30N4O2/c1-23-22(25-16-19-7-9-21(27-2)10-8-19)24-15-18-3-5-20(6-4-18)17-26-11-13-28-14-12-26/h3-10H,11-17H2,1-2H3,(H2,23,24,25). The van der Waals surface area contributed by atoms with Crippen molar-refractivity contribution in [3.8, 4) is 5.75 Å². The third-order valence-electron chi connectivity index (χ3n) is 4.84. The number of rotatable bonds is 7. The molecule has 0 saturated carbocycles. The normalized spacial score (nSPS) is 15.3. The van der Waals surface area contributed by atoms with E-state index in [-0.39, 0.29) is 0 Å². The third-order valence-corrected chi connectivity index (χ3v) is 4.84. The molecule has 1 aliphatic heterocycles. The molecule has 0 bridgehead atoms. The van der Waals surface area contributed by atoms with Crippen LogP contribution in [0.25, 0.3) is 0 Å². The lowest BCUT2D eigenvalue weighted by Crippen LogP contribution is -2.36. The van der Waals surface area contributed by atoms with E-state index in [0.717, 1.165) is 51.1 Å². The molecule has 0 aromatic heterocycles. The van der Waals surface area contributed by atoms with E-state index in [4.69, 9.17) is 9.47 Å². The van der Waals surface area contributed by atoms with Crippen LogP contribution in [0.5, 0.6) is 5.75 Å². The molecule has 0 spiro atoms. The Morgan fingerprint density at radius 3 is 2.00 bits per heavy atom. The molecule has 3 rings (SSSR count). The van der Waals surface area contributed by atoms with Crippen molar-refractivity contribution in [2.45, 2.75) is 19.6 Å². The molecule has 0 radical (unpaired) electrons. The highest BCUT2D eigenvalue weighted by Gasteiger charge is 2.10. The number of nitrogens with one attached hydrogen (secondary N) is 2. The monoisotopic (exact) mass is 382 g/mol. The van der Waals surface area contributed by atoms with Crippen molar-refractivity contribution in [3.05, 3.63) is 65.2 Å². The van der Waals surface area contributed by atoms with Gasteiger partial charge in [-0.1, -0.05) is 36.4 Å². The van der Waals surface area contributed by atoms with Gasteiger partial charge in [0.15, 0.2) is 5.96 Å². The summed E-state index contributed by atoms with van der Waals surface area (Å²) in [6.07, 6.45) is 0. The Hall–Kier alpha value is -2.57. The fraction of sp³-hybridized carbons (Fsp3) is 0.409. The molecule has 0 aliphatic carbocycles. The van der Waals surface area contributed by atoms with Gasteiger partial charge in [0.1, 0.15) is 5.75 Å². The Morgan fingerprint density at radius 1 is 0.929 bits per heavy atom. The number of benzene rings is 2. The number of hydrogen-bond donors (Lipinski definition) is 2. The van der Waals surface area contributed by atoms with Gasteiger partial charge in [-0.15, -0.1) is 0 Å².